The van der Waals surface area contributed by atoms with Crippen molar-refractivity contribution in [3.63, 3.8) is 0 Å². The molecule has 0 aliphatic rings. The van der Waals surface area contributed by atoms with Crippen molar-refractivity contribution in [1.29, 1.82) is 0 Å². The van der Waals surface area contributed by atoms with E-state index in [0.29, 0.717) is 10.5 Å². The van der Waals surface area contributed by atoms with Gasteiger partial charge in [-0.05, 0) is 59.7 Å². The lowest BCUT2D eigenvalue weighted by Gasteiger charge is -2.21. The smallest absolute Gasteiger partial charge is 0.339 e. The van der Waals surface area contributed by atoms with E-state index < -0.39 is 23.1 Å². The van der Waals surface area contributed by atoms with E-state index in [0.717, 1.165) is 0 Å². The molecule has 4 nitrogen and oxygen atoms in total. The van der Waals surface area contributed by atoms with Gasteiger partial charge in [0.25, 0.3) is 0 Å². The van der Waals surface area contributed by atoms with Crippen molar-refractivity contribution in [3.05, 3.63) is 29.3 Å². The Morgan fingerprint density at radius 3 is 1.86 bits per heavy atom. The van der Waals surface area contributed by atoms with E-state index >= 15 is 0 Å². The van der Waals surface area contributed by atoms with Crippen LogP contribution >= 0.6 is 12.6 Å². The van der Waals surface area contributed by atoms with Gasteiger partial charge >= 0.3 is 11.9 Å². The number of esters is 2. The monoisotopic (exact) mass is 310 g/mol. The summed E-state index contributed by atoms with van der Waals surface area (Å²) in [6.07, 6.45) is 0. The first-order chi connectivity index (χ1) is 9.39. The van der Waals surface area contributed by atoms with Gasteiger partial charge < -0.3 is 9.47 Å². The fourth-order valence-electron chi connectivity index (χ4n) is 1.50. The minimum Gasteiger partial charge on any atom is -0.456 e. The Hall–Kier alpha value is -1.49. The molecule has 1 aromatic carbocycles. The lowest BCUT2D eigenvalue weighted by molar-refractivity contribution is 0.00652. The molecule has 0 saturated carbocycles. The van der Waals surface area contributed by atoms with E-state index in [-0.39, 0.29) is 5.56 Å². The molecular weight excluding hydrogens is 288 g/mol. The molecular formula is C16H22O4S. The average Bonchev–Trinajstić information content (AvgIpc) is 2.24. The fourth-order valence-corrected chi connectivity index (χ4v) is 1.73. The number of hydrogen-bond donors (Lipinski definition) is 1. The zero-order valence-electron chi connectivity index (χ0n) is 13.3. The minimum absolute atomic E-state index is 0.247. The zero-order valence-corrected chi connectivity index (χ0v) is 14.2. The molecule has 0 radical (unpaired) electrons. The lowest BCUT2D eigenvalue weighted by Crippen LogP contribution is -2.25. The SMILES string of the molecule is CC(C)(C)OC(=O)c1ccc(S)c(C(=O)OC(C)(C)C)c1. The van der Waals surface area contributed by atoms with Crippen LogP contribution in [0.25, 0.3) is 0 Å². The average molecular weight is 310 g/mol. The minimum atomic E-state index is -0.612. The third kappa shape index (κ3) is 5.79. The summed E-state index contributed by atoms with van der Waals surface area (Å²) in [6, 6.07) is 4.61. The third-order valence-corrected chi connectivity index (χ3v) is 2.64. The first-order valence-corrected chi connectivity index (χ1v) is 7.13. The first-order valence-electron chi connectivity index (χ1n) is 6.69. The van der Waals surface area contributed by atoms with Gasteiger partial charge in [0.05, 0.1) is 11.1 Å². The van der Waals surface area contributed by atoms with E-state index in [1.54, 1.807) is 53.7 Å². The van der Waals surface area contributed by atoms with Crippen LogP contribution in [0, 0.1) is 0 Å². The number of thiol groups is 1. The summed E-state index contributed by atoms with van der Waals surface area (Å²) in [6.45, 7) is 10.7. The van der Waals surface area contributed by atoms with Gasteiger partial charge in [0.2, 0.25) is 0 Å². The summed E-state index contributed by atoms with van der Waals surface area (Å²) in [7, 11) is 0. The molecule has 0 aromatic heterocycles. The Morgan fingerprint density at radius 2 is 1.38 bits per heavy atom. The second-order valence-electron chi connectivity index (χ2n) is 6.74. The molecule has 116 valence electrons. The standard InChI is InChI=1S/C16H22O4S/c1-15(2,3)19-13(17)10-7-8-12(21)11(9-10)14(18)20-16(4,5)6/h7-9,21H,1-6H3. The molecule has 0 heterocycles. The maximum absolute atomic E-state index is 12.1. The maximum Gasteiger partial charge on any atom is 0.339 e. The van der Waals surface area contributed by atoms with Crippen molar-refractivity contribution in [3.8, 4) is 0 Å². The molecule has 21 heavy (non-hydrogen) atoms. The fraction of sp³-hybridized carbons (Fsp3) is 0.500. The highest BCUT2D eigenvalue weighted by molar-refractivity contribution is 7.80. The molecule has 0 atom stereocenters. The second-order valence-corrected chi connectivity index (χ2v) is 7.22. The summed E-state index contributed by atoms with van der Waals surface area (Å²) in [5.41, 5.74) is -0.664. The molecule has 1 rings (SSSR count). The highest BCUT2D eigenvalue weighted by Gasteiger charge is 2.23. The van der Waals surface area contributed by atoms with Crippen molar-refractivity contribution < 1.29 is 19.1 Å². The highest BCUT2D eigenvalue weighted by atomic mass is 32.1. The van der Waals surface area contributed by atoms with Gasteiger partial charge in [-0.2, -0.15) is 0 Å². The van der Waals surface area contributed by atoms with Gasteiger partial charge in [0.15, 0.2) is 0 Å². The van der Waals surface area contributed by atoms with E-state index in [9.17, 15) is 9.59 Å². The third-order valence-electron chi connectivity index (χ3n) is 2.25. The van der Waals surface area contributed by atoms with Crippen LogP contribution in [-0.2, 0) is 9.47 Å². The molecule has 0 N–H and O–H groups in total. The van der Waals surface area contributed by atoms with Crippen LogP contribution in [0.2, 0.25) is 0 Å². The van der Waals surface area contributed by atoms with Crippen LogP contribution < -0.4 is 0 Å². The van der Waals surface area contributed by atoms with Crippen LogP contribution in [-0.4, -0.2) is 23.1 Å². The predicted octanol–water partition coefficient (Wildman–Crippen LogP) is 3.89. The Morgan fingerprint density at radius 1 is 0.905 bits per heavy atom. The van der Waals surface area contributed by atoms with Gasteiger partial charge in [0.1, 0.15) is 11.2 Å². The molecule has 0 saturated heterocycles. The van der Waals surface area contributed by atoms with Crippen LogP contribution in [0.15, 0.2) is 23.1 Å². The molecule has 0 aliphatic carbocycles. The number of hydrogen-bond acceptors (Lipinski definition) is 5. The summed E-state index contributed by atoms with van der Waals surface area (Å²) in [5, 5.41) is 0. The van der Waals surface area contributed by atoms with Gasteiger partial charge in [0, 0.05) is 4.90 Å². The van der Waals surface area contributed by atoms with Gasteiger partial charge in [-0.3, -0.25) is 0 Å². The molecule has 0 aliphatic heterocycles. The number of rotatable bonds is 2. The molecule has 5 heteroatoms. The first kappa shape index (κ1) is 17.6. The molecule has 0 bridgehead atoms. The number of carbonyl (C=O) groups excluding carboxylic acids is 2. The zero-order chi connectivity index (χ0) is 16.4. The Bertz CT molecular complexity index is 550. The summed E-state index contributed by atoms with van der Waals surface area (Å²) < 4.78 is 10.6. The van der Waals surface area contributed by atoms with Crippen LogP contribution in [0.1, 0.15) is 62.3 Å². The molecule has 0 fully saturated rings. The largest absolute Gasteiger partial charge is 0.456 e. The predicted molar refractivity (Wildman–Crippen MR) is 84.0 cm³/mol. The van der Waals surface area contributed by atoms with E-state index in [4.69, 9.17) is 9.47 Å². The molecule has 0 amide bonds. The van der Waals surface area contributed by atoms with Crippen molar-refractivity contribution in [2.24, 2.45) is 0 Å². The van der Waals surface area contributed by atoms with Gasteiger partial charge in [-0.15, -0.1) is 12.6 Å². The van der Waals surface area contributed by atoms with E-state index in [1.165, 1.54) is 6.07 Å². The maximum atomic E-state index is 12.1. The van der Waals surface area contributed by atoms with E-state index in [2.05, 4.69) is 12.6 Å². The van der Waals surface area contributed by atoms with Gasteiger partial charge in [-0.25, -0.2) is 9.59 Å². The highest BCUT2D eigenvalue weighted by Crippen LogP contribution is 2.21. The Balaban J connectivity index is 3.05. The quantitative estimate of drug-likeness (QED) is 0.665. The van der Waals surface area contributed by atoms with Crippen molar-refractivity contribution in [2.45, 2.75) is 57.6 Å². The van der Waals surface area contributed by atoms with Crippen LogP contribution in [0.3, 0.4) is 0 Å². The van der Waals surface area contributed by atoms with Crippen LogP contribution in [0.4, 0.5) is 0 Å². The summed E-state index contributed by atoms with van der Waals surface area (Å²) in [5.74, 6) is -1.00. The van der Waals surface area contributed by atoms with Crippen molar-refractivity contribution in [2.75, 3.05) is 0 Å². The topological polar surface area (TPSA) is 52.6 Å². The lowest BCUT2D eigenvalue weighted by atomic mass is 10.1. The summed E-state index contributed by atoms with van der Waals surface area (Å²) >= 11 is 4.24. The molecule has 0 unspecified atom stereocenters. The van der Waals surface area contributed by atoms with Crippen molar-refractivity contribution >= 4 is 24.6 Å². The van der Waals surface area contributed by atoms with Crippen molar-refractivity contribution in [1.82, 2.24) is 0 Å². The number of ether oxygens (including phenoxy) is 2. The van der Waals surface area contributed by atoms with Gasteiger partial charge in [-0.1, -0.05) is 0 Å². The molecule has 0 spiro atoms. The second kappa shape index (κ2) is 6.10. The van der Waals surface area contributed by atoms with Crippen LogP contribution in [0.5, 0.6) is 0 Å². The number of carbonyl (C=O) groups is 2. The normalized spacial score (nSPS) is 12.0. The summed E-state index contributed by atoms with van der Waals surface area (Å²) in [4.78, 5) is 24.6. The Kier molecular flexibility index (Phi) is 5.10. The van der Waals surface area contributed by atoms with E-state index in [1.807, 2.05) is 0 Å². The Labute approximate surface area is 131 Å². The number of benzene rings is 1. The molecule has 1 aromatic rings.